The summed E-state index contributed by atoms with van der Waals surface area (Å²) >= 11 is 1.50. The molecule has 3 aromatic rings. The maximum absolute atomic E-state index is 14.1. The number of fused-ring (bicyclic) bond motifs is 5. The summed E-state index contributed by atoms with van der Waals surface area (Å²) in [6.45, 7) is 2.15. The highest BCUT2D eigenvalue weighted by molar-refractivity contribution is 7.99. The zero-order valence-corrected chi connectivity index (χ0v) is 17.6. The standard InChI is InChI=1S/C22H20FN5O2S/c1-2-3-6-11-31-21-25-19-18(27-28-21)14-7-4-5-8-16(14)26-22(30-19)15-12-13(23)9-10-17(15)24-20(22)29/h4-5,7-10,12,26H,2-3,6,11H2,1H3,(H,24,29). The van der Waals surface area contributed by atoms with Crippen LogP contribution in [-0.4, -0.2) is 26.8 Å². The Morgan fingerprint density at radius 3 is 2.87 bits per heavy atom. The third-order valence-corrected chi connectivity index (χ3v) is 6.21. The van der Waals surface area contributed by atoms with E-state index in [0.29, 0.717) is 33.4 Å². The fourth-order valence-electron chi connectivity index (χ4n) is 3.75. The second-order valence-corrected chi connectivity index (χ2v) is 8.46. The number of rotatable bonds is 5. The van der Waals surface area contributed by atoms with Crippen molar-refractivity contribution in [1.82, 2.24) is 15.2 Å². The number of benzene rings is 2. The zero-order valence-electron chi connectivity index (χ0n) is 16.8. The van der Waals surface area contributed by atoms with Crippen LogP contribution in [0.3, 0.4) is 0 Å². The molecule has 2 aliphatic heterocycles. The molecule has 0 radical (unpaired) electrons. The smallest absolute Gasteiger partial charge is 0.295 e. The van der Waals surface area contributed by atoms with Crippen molar-refractivity contribution in [2.24, 2.45) is 0 Å². The number of nitrogens with one attached hydrogen (secondary N) is 2. The van der Waals surface area contributed by atoms with Gasteiger partial charge in [0.2, 0.25) is 11.0 Å². The molecule has 7 nitrogen and oxygen atoms in total. The minimum absolute atomic E-state index is 0.178. The van der Waals surface area contributed by atoms with Gasteiger partial charge in [-0.2, -0.15) is 4.98 Å². The summed E-state index contributed by atoms with van der Waals surface area (Å²) in [6.07, 6.45) is 3.31. The Balaban J connectivity index is 1.62. The molecule has 0 saturated carbocycles. The molecule has 1 atom stereocenters. The number of halogens is 1. The van der Waals surface area contributed by atoms with Gasteiger partial charge in [0.25, 0.3) is 11.6 Å². The van der Waals surface area contributed by atoms with Gasteiger partial charge in [-0.05, 0) is 30.7 Å². The average Bonchev–Trinajstić information content (AvgIpc) is 2.93. The molecule has 2 N–H and O–H groups in total. The molecule has 2 aliphatic rings. The number of ether oxygens (including phenoxy) is 1. The van der Waals surface area contributed by atoms with Crippen molar-refractivity contribution in [2.45, 2.75) is 37.1 Å². The fraction of sp³-hybridized carbons (Fsp3) is 0.273. The third kappa shape index (κ3) is 3.38. The number of unbranched alkanes of at least 4 members (excludes halogenated alkanes) is 2. The minimum Gasteiger partial charge on any atom is -0.435 e. The van der Waals surface area contributed by atoms with Crippen molar-refractivity contribution in [2.75, 3.05) is 16.4 Å². The van der Waals surface area contributed by atoms with E-state index in [0.717, 1.165) is 25.0 Å². The van der Waals surface area contributed by atoms with Crippen LogP contribution in [-0.2, 0) is 10.5 Å². The molecular formula is C22H20FN5O2S. The van der Waals surface area contributed by atoms with Crippen LogP contribution in [0.1, 0.15) is 31.7 Å². The monoisotopic (exact) mass is 437 g/mol. The lowest BCUT2D eigenvalue weighted by Gasteiger charge is -2.28. The molecule has 3 heterocycles. The number of carbonyl (C=O) groups excluding carboxylic acids is 1. The summed E-state index contributed by atoms with van der Waals surface area (Å²) in [5.74, 6) is 0.123. The second-order valence-electron chi connectivity index (χ2n) is 7.40. The largest absolute Gasteiger partial charge is 0.435 e. The summed E-state index contributed by atoms with van der Waals surface area (Å²) in [5.41, 5.74) is 0.920. The van der Waals surface area contributed by atoms with Crippen LogP contribution in [0.25, 0.3) is 11.3 Å². The van der Waals surface area contributed by atoms with E-state index in [1.54, 1.807) is 0 Å². The van der Waals surface area contributed by atoms with Crippen molar-refractivity contribution < 1.29 is 13.9 Å². The molecule has 0 fully saturated rings. The van der Waals surface area contributed by atoms with Crippen molar-refractivity contribution in [1.29, 1.82) is 0 Å². The van der Waals surface area contributed by atoms with E-state index in [1.165, 1.54) is 30.0 Å². The molecule has 1 amide bonds. The molecule has 31 heavy (non-hydrogen) atoms. The Hall–Kier alpha value is -3.20. The first-order valence-corrected chi connectivity index (χ1v) is 11.1. The fourth-order valence-corrected chi connectivity index (χ4v) is 4.53. The Kier molecular flexibility index (Phi) is 4.97. The third-order valence-electron chi connectivity index (χ3n) is 5.29. The van der Waals surface area contributed by atoms with E-state index in [1.807, 2.05) is 24.3 Å². The van der Waals surface area contributed by atoms with Gasteiger partial charge in [-0.25, -0.2) is 4.39 Å². The van der Waals surface area contributed by atoms with Crippen molar-refractivity contribution in [3.05, 3.63) is 53.8 Å². The lowest BCUT2D eigenvalue weighted by atomic mass is 10.0. The lowest BCUT2D eigenvalue weighted by molar-refractivity contribution is -0.128. The number of nitrogens with zero attached hydrogens (tertiary/aromatic N) is 3. The molecule has 0 bridgehead atoms. The minimum atomic E-state index is -1.67. The predicted molar refractivity (Wildman–Crippen MR) is 116 cm³/mol. The predicted octanol–water partition coefficient (Wildman–Crippen LogP) is 4.57. The number of carbonyl (C=O) groups is 1. The molecule has 2 aromatic carbocycles. The van der Waals surface area contributed by atoms with Crippen LogP contribution in [0, 0.1) is 5.82 Å². The van der Waals surface area contributed by atoms with Gasteiger partial charge in [-0.15, -0.1) is 10.2 Å². The highest BCUT2D eigenvalue weighted by Gasteiger charge is 2.52. The Labute approximate surface area is 182 Å². The van der Waals surface area contributed by atoms with Crippen molar-refractivity contribution in [3.63, 3.8) is 0 Å². The van der Waals surface area contributed by atoms with Crippen LogP contribution in [0.5, 0.6) is 5.88 Å². The molecule has 1 spiro atoms. The van der Waals surface area contributed by atoms with Gasteiger partial charge in [0.05, 0.1) is 11.3 Å². The quantitative estimate of drug-likeness (QED) is 0.446. The number of anilines is 2. The number of amides is 1. The van der Waals surface area contributed by atoms with E-state index in [9.17, 15) is 9.18 Å². The first-order valence-electron chi connectivity index (χ1n) is 10.2. The summed E-state index contributed by atoms with van der Waals surface area (Å²) in [6, 6.07) is 11.5. The highest BCUT2D eigenvalue weighted by atomic mass is 32.2. The maximum Gasteiger partial charge on any atom is 0.295 e. The van der Waals surface area contributed by atoms with Crippen LogP contribution >= 0.6 is 11.8 Å². The molecule has 0 aliphatic carbocycles. The molecular weight excluding hydrogens is 417 g/mol. The van der Waals surface area contributed by atoms with Crippen LogP contribution in [0.15, 0.2) is 47.6 Å². The van der Waals surface area contributed by atoms with Gasteiger partial charge < -0.3 is 15.4 Å². The Morgan fingerprint density at radius 2 is 2.00 bits per heavy atom. The molecule has 1 unspecified atom stereocenters. The maximum atomic E-state index is 14.1. The van der Waals surface area contributed by atoms with E-state index < -0.39 is 17.4 Å². The Bertz CT molecular complexity index is 1170. The summed E-state index contributed by atoms with van der Waals surface area (Å²) < 4.78 is 20.4. The van der Waals surface area contributed by atoms with E-state index in [-0.39, 0.29) is 5.88 Å². The summed E-state index contributed by atoms with van der Waals surface area (Å²) in [5, 5.41) is 15.1. The summed E-state index contributed by atoms with van der Waals surface area (Å²) in [7, 11) is 0. The van der Waals surface area contributed by atoms with Gasteiger partial charge in [-0.1, -0.05) is 49.7 Å². The molecule has 0 saturated heterocycles. The van der Waals surface area contributed by atoms with E-state index >= 15 is 0 Å². The second kappa shape index (κ2) is 7.81. The molecule has 1 aromatic heterocycles. The number of thioether (sulfide) groups is 1. The molecule has 9 heteroatoms. The number of hydrogen-bond donors (Lipinski definition) is 2. The van der Waals surface area contributed by atoms with E-state index in [4.69, 9.17) is 4.74 Å². The molecule has 158 valence electrons. The van der Waals surface area contributed by atoms with Gasteiger partial charge in [0.1, 0.15) is 5.82 Å². The Morgan fingerprint density at radius 1 is 1.13 bits per heavy atom. The van der Waals surface area contributed by atoms with Crippen LogP contribution in [0.4, 0.5) is 15.8 Å². The lowest BCUT2D eigenvalue weighted by Crippen LogP contribution is -2.47. The van der Waals surface area contributed by atoms with Gasteiger partial charge in [0, 0.05) is 17.0 Å². The van der Waals surface area contributed by atoms with Gasteiger partial charge >= 0.3 is 0 Å². The zero-order chi connectivity index (χ0) is 21.4. The van der Waals surface area contributed by atoms with E-state index in [2.05, 4.69) is 32.7 Å². The first-order chi connectivity index (χ1) is 15.1. The number of aromatic nitrogens is 3. The number of para-hydroxylation sites is 1. The van der Waals surface area contributed by atoms with Crippen LogP contribution < -0.4 is 15.4 Å². The molecule has 5 rings (SSSR count). The number of hydrogen-bond acceptors (Lipinski definition) is 7. The van der Waals surface area contributed by atoms with Gasteiger partial charge in [0.15, 0.2) is 5.69 Å². The highest BCUT2D eigenvalue weighted by Crippen LogP contribution is 2.46. The first kappa shape index (κ1) is 19.7. The van der Waals surface area contributed by atoms with Crippen molar-refractivity contribution in [3.8, 4) is 17.1 Å². The van der Waals surface area contributed by atoms with Crippen molar-refractivity contribution >= 4 is 29.0 Å². The topological polar surface area (TPSA) is 89.0 Å². The normalized spacial score (nSPS) is 18.3. The van der Waals surface area contributed by atoms with Crippen LogP contribution in [0.2, 0.25) is 0 Å². The SMILES string of the molecule is CCCCCSc1nnc2c(n1)OC1(Nc3ccccc3-2)C(=O)Nc2ccc(F)cc21. The summed E-state index contributed by atoms with van der Waals surface area (Å²) in [4.78, 5) is 17.7. The average molecular weight is 438 g/mol. The van der Waals surface area contributed by atoms with Gasteiger partial charge in [-0.3, -0.25) is 4.79 Å².